The SMILES string of the molecule is CC1NC(=O)NC(=O)C1Cc1nnc(SCC(=O)Nc2ccccc2C(F)(F)F)o1. The van der Waals surface area contributed by atoms with Gasteiger partial charge in [-0.1, -0.05) is 23.9 Å². The number of halogens is 3. The number of anilines is 1. The summed E-state index contributed by atoms with van der Waals surface area (Å²) in [6.45, 7) is 1.66. The molecule has 1 aromatic carbocycles. The second-order valence-electron chi connectivity index (χ2n) is 6.40. The van der Waals surface area contributed by atoms with Gasteiger partial charge in [0.2, 0.25) is 17.7 Å². The number of thioether (sulfide) groups is 1. The smallest absolute Gasteiger partial charge is 0.416 e. The summed E-state index contributed by atoms with van der Waals surface area (Å²) in [7, 11) is 0. The van der Waals surface area contributed by atoms with Gasteiger partial charge in [-0.15, -0.1) is 10.2 Å². The summed E-state index contributed by atoms with van der Waals surface area (Å²) in [6.07, 6.45) is -4.52. The molecule has 2 heterocycles. The van der Waals surface area contributed by atoms with Crippen LogP contribution in [0.2, 0.25) is 0 Å². The highest BCUT2D eigenvalue weighted by molar-refractivity contribution is 7.99. The molecule has 0 bridgehead atoms. The molecule has 0 aliphatic carbocycles. The summed E-state index contributed by atoms with van der Waals surface area (Å²) in [6, 6.07) is 3.62. The van der Waals surface area contributed by atoms with Gasteiger partial charge in [0, 0.05) is 12.5 Å². The van der Waals surface area contributed by atoms with Crippen molar-refractivity contribution in [3.63, 3.8) is 0 Å². The van der Waals surface area contributed by atoms with E-state index in [9.17, 15) is 27.6 Å². The molecular weight excluding hydrogens is 427 g/mol. The molecule has 3 rings (SSSR count). The van der Waals surface area contributed by atoms with Gasteiger partial charge in [0.25, 0.3) is 5.22 Å². The Labute approximate surface area is 172 Å². The third-order valence-corrected chi connectivity index (χ3v) is 5.03. The maximum atomic E-state index is 13.0. The quantitative estimate of drug-likeness (QED) is 0.585. The van der Waals surface area contributed by atoms with E-state index < -0.39 is 41.5 Å². The molecule has 2 atom stereocenters. The number of alkyl halides is 3. The largest absolute Gasteiger partial charge is 0.418 e. The molecule has 0 radical (unpaired) electrons. The molecule has 0 spiro atoms. The number of amides is 4. The maximum Gasteiger partial charge on any atom is 0.418 e. The van der Waals surface area contributed by atoms with E-state index >= 15 is 0 Å². The van der Waals surface area contributed by atoms with Crippen molar-refractivity contribution in [2.75, 3.05) is 11.1 Å². The Morgan fingerprint density at radius 1 is 1.27 bits per heavy atom. The van der Waals surface area contributed by atoms with Gasteiger partial charge in [0.15, 0.2) is 0 Å². The van der Waals surface area contributed by atoms with Crippen LogP contribution in [0.25, 0.3) is 0 Å². The van der Waals surface area contributed by atoms with Gasteiger partial charge in [0.05, 0.1) is 22.9 Å². The number of imide groups is 1. The number of aromatic nitrogens is 2. The zero-order chi connectivity index (χ0) is 21.9. The van der Waals surface area contributed by atoms with E-state index in [0.717, 1.165) is 23.9 Å². The van der Waals surface area contributed by atoms with Crippen molar-refractivity contribution in [1.82, 2.24) is 20.8 Å². The molecular formula is C17H16F3N5O4S. The molecule has 1 saturated heterocycles. The molecule has 1 aliphatic heterocycles. The Hall–Kier alpha value is -3.09. The van der Waals surface area contributed by atoms with Gasteiger partial charge in [-0.2, -0.15) is 13.2 Å². The molecule has 160 valence electrons. The van der Waals surface area contributed by atoms with Crippen LogP contribution in [0.4, 0.5) is 23.7 Å². The van der Waals surface area contributed by atoms with E-state index in [0.29, 0.717) is 0 Å². The van der Waals surface area contributed by atoms with E-state index in [-0.39, 0.29) is 29.0 Å². The first-order chi connectivity index (χ1) is 14.1. The number of nitrogens with one attached hydrogen (secondary N) is 3. The van der Waals surface area contributed by atoms with Crippen LogP contribution >= 0.6 is 11.8 Å². The number of urea groups is 1. The number of hydrogen-bond acceptors (Lipinski definition) is 7. The maximum absolute atomic E-state index is 13.0. The number of carbonyl (C=O) groups excluding carboxylic acids is 3. The predicted octanol–water partition coefficient (Wildman–Crippen LogP) is 2.21. The number of para-hydroxylation sites is 1. The number of carbonyl (C=O) groups is 3. The van der Waals surface area contributed by atoms with E-state index in [2.05, 4.69) is 26.1 Å². The van der Waals surface area contributed by atoms with Crippen LogP contribution < -0.4 is 16.0 Å². The molecule has 3 N–H and O–H groups in total. The summed E-state index contributed by atoms with van der Waals surface area (Å²) >= 11 is 0.842. The lowest BCUT2D eigenvalue weighted by atomic mass is 9.95. The number of nitrogens with zero attached hydrogens (tertiary/aromatic N) is 2. The second-order valence-corrected chi connectivity index (χ2v) is 7.33. The van der Waals surface area contributed by atoms with Crippen LogP contribution in [0.1, 0.15) is 18.4 Å². The van der Waals surface area contributed by atoms with Crippen LogP contribution in [-0.2, 0) is 22.2 Å². The molecule has 13 heteroatoms. The highest BCUT2D eigenvalue weighted by Crippen LogP contribution is 2.34. The summed E-state index contributed by atoms with van der Waals surface area (Å²) in [5, 5.41) is 14.5. The van der Waals surface area contributed by atoms with E-state index in [1.807, 2.05) is 0 Å². The van der Waals surface area contributed by atoms with Crippen LogP contribution in [0.5, 0.6) is 0 Å². The molecule has 1 aromatic heterocycles. The lowest BCUT2D eigenvalue weighted by Crippen LogP contribution is -2.57. The highest BCUT2D eigenvalue weighted by atomic mass is 32.2. The molecule has 4 amide bonds. The topological polar surface area (TPSA) is 126 Å². The summed E-state index contributed by atoms with van der Waals surface area (Å²) in [5.74, 6) is -1.89. The van der Waals surface area contributed by atoms with Gasteiger partial charge in [-0.25, -0.2) is 4.79 Å². The zero-order valence-electron chi connectivity index (χ0n) is 15.4. The molecule has 2 aromatic rings. The third kappa shape index (κ3) is 5.28. The van der Waals surface area contributed by atoms with Gasteiger partial charge in [0.1, 0.15) is 0 Å². The summed E-state index contributed by atoms with van der Waals surface area (Å²) < 4.78 is 44.3. The fourth-order valence-electron chi connectivity index (χ4n) is 2.76. The standard InChI is InChI=1S/C17H16F3N5O4S/c1-8-9(14(27)23-15(28)21-8)6-13-24-25-16(29-13)30-7-12(26)22-11-5-3-2-4-10(11)17(18,19)20/h2-5,8-9H,6-7H2,1H3,(H,22,26)(H2,21,23,27,28). The molecule has 1 aliphatic rings. The van der Waals surface area contributed by atoms with Crippen molar-refractivity contribution in [2.24, 2.45) is 5.92 Å². The molecule has 30 heavy (non-hydrogen) atoms. The third-order valence-electron chi connectivity index (χ3n) is 4.21. The number of hydrogen-bond donors (Lipinski definition) is 3. The van der Waals surface area contributed by atoms with Crippen LogP contribution in [0.15, 0.2) is 33.9 Å². The first-order valence-corrected chi connectivity index (χ1v) is 9.64. The minimum Gasteiger partial charge on any atom is -0.416 e. The summed E-state index contributed by atoms with van der Waals surface area (Å²) in [4.78, 5) is 35.2. The van der Waals surface area contributed by atoms with Crippen LogP contribution in [0.3, 0.4) is 0 Å². The second kappa shape index (κ2) is 8.73. The van der Waals surface area contributed by atoms with Crippen molar-refractivity contribution in [3.05, 3.63) is 35.7 Å². The number of benzene rings is 1. The van der Waals surface area contributed by atoms with Gasteiger partial charge >= 0.3 is 12.2 Å². The van der Waals surface area contributed by atoms with Gasteiger partial charge in [-0.05, 0) is 19.1 Å². The lowest BCUT2D eigenvalue weighted by Gasteiger charge is -2.27. The zero-order valence-corrected chi connectivity index (χ0v) is 16.3. The first kappa shape index (κ1) is 21.6. The minimum absolute atomic E-state index is 0.0252. The fraction of sp³-hybridized carbons (Fsp3) is 0.353. The minimum atomic E-state index is -4.60. The van der Waals surface area contributed by atoms with E-state index in [1.54, 1.807) is 6.92 Å². The van der Waals surface area contributed by atoms with Gasteiger partial charge in [-0.3, -0.25) is 14.9 Å². The average Bonchev–Trinajstić information content (AvgIpc) is 3.10. The molecule has 9 nitrogen and oxygen atoms in total. The fourth-order valence-corrected chi connectivity index (χ4v) is 3.35. The lowest BCUT2D eigenvalue weighted by molar-refractivity contribution is -0.137. The predicted molar refractivity (Wildman–Crippen MR) is 98.4 cm³/mol. The average molecular weight is 443 g/mol. The van der Waals surface area contributed by atoms with E-state index in [1.165, 1.54) is 12.1 Å². The first-order valence-electron chi connectivity index (χ1n) is 8.66. The Bertz CT molecular complexity index is 965. The highest BCUT2D eigenvalue weighted by Gasteiger charge is 2.35. The van der Waals surface area contributed by atoms with Crippen molar-refractivity contribution in [3.8, 4) is 0 Å². The summed E-state index contributed by atoms with van der Waals surface area (Å²) in [5.41, 5.74) is -1.29. The normalized spacial score (nSPS) is 19.2. The molecule has 0 saturated carbocycles. The van der Waals surface area contributed by atoms with E-state index in [4.69, 9.17) is 4.42 Å². The monoisotopic (exact) mass is 443 g/mol. The Balaban J connectivity index is 1.55. The van der Waals surface area contributed by atoms with Crippen molar-refractivity contribution in [1.29, 1.82) is 0 Å². The molecule has 2 unspecified atom stereocenters. The molecule has 1 fully saturated rings. The Morgan fingerprint density at radius 2 is 2.00 bits per heavy atom. The van der Waals surface area contributed by atoms with Crippen LogP contribution in [-0.4, -0.2) is 39.8 Å². The van der Waals surface area contributed by atoms with Gasteiger partial charge < -0.3 is 15.1 Å². The van der Waals surface area contributed by atoms with Crippen LogP contribution in [0, 0.1) is 5.92 Å². The van der Waals surface area contributed by atoms with Crippen molar-refractivity contribution < 1.29 is 32.0 Å². The Morgan fingerprint density at radius 3 is 2.70 bits per heavy atom. The Kier molecular flexibility index (Phi) is 6.29. The van der Waals surface area contributed by atoms with Crippen molar-refractivity contribution >= 4 is 35.3 Å². The number of rotatable bonds is 6. The van der Waals surface area contributed by atoms with Crippen molar-refractivity contribution in [2.45, 2.75) is 30.8 Å².